The number of amides is 2. The minimum absolute atomic E-state index is 0.0516. The molecule has 2 aliphatic heterocycles. The van der Waals surface area contributed by atoms with Crippen LogP contribution in [0, 0.1) is 5.82 Å². The molecule has 0 radical (unpaired) electrons. The lowest BCUT2D eigenvalue weighted by atomic mass is 10.1. The van der Waals surface area contributed by atoms with Gasteiger partial charge in [0, 0.05) is 44.1 Å². The summed E-state index contributed by atoms with van der Waals surface area (Å²) >= 11 is 1.57. The second-order valence-corrected chi connectivity index (χ2v) is 9.19. The molecule has 1 atom stereocenters. The van der Waals surface area contributed by atoms with E-state index in [1.54, 1.807) is 23.5 Å². The second kappa shape index (κ2) is 10.3. The molecule has 1 unspecified atom stereocenters. The van der Waals surface area contributed by atoms with Crippen LogP contribution in [-0.2, 0) is 9.59 Å². The maximum absolute atomic E-state index is 13.3. The third-order valence-electron chi connectivity index (χ3n) is 5.99. The molecule has 0 saturated carbocycles. The Morgan fingerprint density at radius 2 is 1.58 bits per heavy atom. The summed E-state index contributed by atoms with van der Waals surface area (Å²) in [5.74, 6) is -0.118. The number of rotatable bonds is 7. The van der Waals surface area contributed by atoms with E-state index in [1.807, 2.05) is 22.4 Å². The maximum atomic E-state index is 13.3. The van der Waals surface area contributed by atoms with Crippen LogP contribution < -0.4 is 5.32 Å². The predicted molar refractivity (Wildman–Crippen MR) is 119 cm³/mol. The van der Waals surface area contributed by atoms with Gasteiger partial charge in [0.15, 0.2) is 0 Å². The summed E-state index contributed by atoms with van der Waals surface area (Å²) in [6.07, 6.45) is 2.22. The number of nitrogens with one attached hydrogen (secondary N) is 1. The van der Waals surface area contributed by atoms with Crippen molar-refractivity contribution in [3.63, 3.8) is 0 Å². The van der Waals surface area contributed by atoms with E-state index < -0.39 is 0 Å². The fourth-order valence-corrected chi connectivity index (χ4v) is 5.01. The largest absolute Gasteiger partial charge is 0.343 e. The Morgan fingerprint density at radius 3 is 2.19 bits per heavy atom. The minimum atomic E-state index is -0.291. The molecule has 0 bridgehead atoms. The normalized spacial score (nSPS) is 18.8. The van der Waals surface area contributed by atoms with Crippen molar-refractivity contribution in [1.82, 2.24) is 20.0 Å². The zero-order chi connectivity index (χ0) is 21.6. The van der Waals surface area contributed by atoms with Crippen molar-refractivity contribution < 1.29 is 14.0 Å². The smallest absolute Gasteiger partial charge is 0.236 e. The summed E-state index contributed by atoms with van der Waals surface area (Å²) in [5, 5.41) is 5.09. The Bertz CT molecular complexity index is 860. The number of benzene rings is 1. The summed E-state index contributed by atoms with van der Waals surface area (Å²) in [6, 6.07) is 9.93. The lowest BCUT2D eigenvalue weighted by Gasteiger charge is -2.34. The molecule has 8 heteroatoms. The quantitative estimate of drug-likeness (QED) is 0.712. The molecule has 2 aromatic rings. The number of likely N-dealkylation sites (tertiary alicyclic amines) is 1. The van der Waals surface area contributed by atoms with Gasteiger partial charge in [-0.25, -0.2) is 4.39 Å². The van der Waals surface area contributed by atoms with E-state index in [-0.39, 0.29) is 23.7 Å². The van der Waals surface area contributed by atoms with Gasteiger partial charge in [0.25, 0.3) is 0 Å². The van der Waals surface area contributed by atoms with Crippen molar-refractivity contribution in [2.45, 2.75) is 18.9 Å². The van der Waals surface area contributed by atoms with Crippen LogP contribution in [-0.4, -0.2) is 78.9 Å². The lowest BCUT2D eigenvalue weighted by Crippen LogP contribution is -2.52. The van der Waals surface area contributed by atoms with Crippen molar-refractivity contribution in [3.05, 3.63) is 58.0 Å². The molecule has 6 nitrogen and oxygen atoms in total. The molecular formula is C23H29FN4O2S. The minimum Gasteiger partial charge on any atom is -0.343 e. The number of carbonyl (C=O) groups is 2. The molecule has 1 N–H and O–H groups in total. The average Bonchev–Trinajstić information content (AvgIpc) is 3.49. The number of hydrogen-bond acceptors (Lipinski definition) is 5. The Labute approximate surface area is 186 Å². The van der Waals surface area contributed by atoms with Gasteiger partial charge in [-0.05, 0) is 42.0 Å². The zero-order valence-corrected chi connectivity index (χ0v) is 18.5. The molecule has 2 amide bonds. The molecule has 3 heterocycles. The van der Waals surface area contributed by atoms with Gasteiger partial charge in [0.1, 0.15) is 5.82 Å². The first-order valence-corrected chi connectivity index (χ1v) is 11.8. The van der Waals surface area contributed by atoms with Crippen molar-refractivity contribution in [2.24, 2.45) is 0 Å². The van der Waals surface area contributed by atoms with E-state index in [4.69, 9.17) is 0 Å². The summed E-state index contributed by atoms with van der Waals surface area (Å²) in [6.45, 7) is 5.68. The average molecular weight is 445 g/mol. The van der Waals surface area contributed by atoms with Gasteiger partial charge in [0.05, 0.1) is 19.1 Å². The van der Waals surface area contributed by atoms with Crippen LogP contribution in [0.3, 0.4) is 0 Å². The van der Waals surface area contributed by atoms with E-state index in [1.165, 1.54) is 12.1 Å². The monoisotopic (exact) mass is 444 g/mol. The van der Waals surface area contributed by atoms with Crippen LogP contribution in [0.4, 0.5) is 4.39 Å². The molecule has 4 rings (SSSR count). The molecule has 1 aromatic carbocycles. The Hall–Kier alpha value is -2.29. The van der Waals surface area contributed by atoms with E-state index in [0.717, 1.165) is 62.6 Å². The first kappa shape index (κ1) is 21.9. The number of hydrogen-bond donors (Lipinski definition) is 1. The van der Waals surface area contributed by atoms with Gasteiger partial charge in [-0.1, -0.05) is 18.2 Å². The van der Waals surface area contributed by atoms with E-state index in [2.05, 4.69) is 15.1 Å². The van der Waals surface area contributed by atoms with Gasteiger partial charge < -0.3 is 10.2 Å². The van der Waals surface area contributed by atoms with E-state index >= 15 is 0 Å². The van der Waals surface area contributed by atoms with Crippen LogP contribution >= 0.6 is 11.3 Å². The van der Waals surface area contributed by atoms with Crippen LogP contribution in [0.15, 0.2) is 41.8 Å². The zero-order valence-electron chi connectivity index (χ0n) is 17.6. The summed E-state index contributed by atoms with van der Waals surface area (Å²) < 4.78 is 13.3. The molecule has 31 heavy (non-hydrogen) atoms. The summed E-state index contributed by atoms with van der Waals surface area (Å²) in [4.78, 5) is 32.4. The highest BCUT2D eigenvalue weighted by Crippen LogP contribution is 2.26. The first-order valence-electron chi connectivity index (χ1n) is 10.9. The fourth-order valence-electron chi connectivity index (χ4n) is 4.20. The molecule has 1 aromatic heterocycles. The first-order chi connectivity index (χ1) is 15.1. The van der Waals surface area contributed by atoms with Gasteiger partial charge in [0.2, 0.25) is 11.8 Å². The molecule has 2 fully saturated rings. The maximum Gasteiger partial charge on any atom is 0.236 e. The van der Waals surface area contributed by atoms with Gasteiger partial charge in [-0.2, -0.15) is 0 Å². The molecule has 0 spiro atoms. The molecule has 0 aliphatic carbocycles. The van der Waals surface area contributed by atoms with Crippen LogP contribution in [0.1, 0.15) is 29.3 Å². The van der Waals surface area contributed by atoms with Crippen molar-refractivity contribution in [3.8, 4) is 0 Å². The molecule has 2 saturated heterocycles. The highest BCUT2D eigenvalue weighted by Gasteiger charge is 2.25. The Morgan fingerprint density at radius 1 is 0.935 bits per heavy atom. The van der Waals surface area contributed by atoms with Gasteiger partial charge >= 0.3 is 0 Å². The molecular weight excluding hydrogens is 415 g/mol. The highest BCUT2D eigenvalue weighted by atomic mass is 32.1. The topological polar surface area (TPSA) is 55.9 Å². The number of thiophene rings is 1. The molecule has 166 valence electrons. The molecule has 2 aliphatic rings. The lowest BCUT2D eigenvalue weighted by molar-refractivity contribution is -0.132. The SMILES string of the molecule is O=C(CN1CCN(CC(=O)N2CCCC2)CC1)NC(c1ccc(F)cc1)c1cccs1. The highest BCUT2D eigenvalue weighted by molar-refractivity contribution is 7.10. The van der Waals surface area contributed by atoms with Gasteiger partial charge in [-0.3, -0.25) is 19.4 Å². The van der Waals surface area contributed by atoms with E-state index in [0.29, 0.717) is 13.1 Å². The van der Waals surface area contributed by atoms with E-state index in [9.17, 15) is 14.0 Å². The number of piperazine rings is 1. The standard InChI is InChI=1S/C23H29FN4O2S/c24-19-7-5-18(6-8-19)23(20-4-3-15-31-20)25-21(29)16-26-11-13-27(14-12-26)17-22(30)28-9-1-2-10-28/h3-8,15,23H,1-2,9-14,16-17H2,(H,25,29). The number of nitrogens with zero attached hydrogens (tertiary/aromatic N) is 3. The number of halogens is 1. The third-order valence-corrected chi connectivity index (χ3v) is 6.92. The fraction of sp³-hybridized carbons (Fsp3) is 0.478. The van der Waals surface area contributed by atoms with Crippen LogP contribution in [0.5, 0.6) is 0 Å². The third kappa shape index (κ3) is 5.90. The number of carbonyl (C=O) groups excluding carboxylic acids is 2. The van der Waals surface area contributed by atoms with Crippen molar-refractivity contribution in [1.29, 1.82) is 0 Å². The van der Waals surface area contributed by atoms with Gasteiger partial charge in [-0.15, -0.1) is 11.3 Å². The van der Waals surface area contributed by atoms with Crippen LogP contribution in [0.25, 0.3) is 0 Å². The van der Waals surface area contributed by atoms with Crippen molar-refractivity contribution in [2.75, 3.05) is 52.4 Å². The summed E-state index contributed by atoms with van der Waals surface area (Å²) in [7, 11) is 0. The second-order valence-electron chi connectivity index (χ2n) is 8.21. The van der Waals surface area contributed by atoms with Crippen LogP contribution in [0.2, 0.25) is 0 Å². The van der Waals surface area contributed by atoms with Crippen molar-refractivity contribution >= 4 is 23.2 Å². The predicted octanol–water partition coefficient (Wildman–Crippen LogP) is 2.33. The Kier molecular flexibility index (Phi) is 7.32. The Balaban J connectivity index is 1.28. The summed E-state index contributed by atoms with van der Waals surface area (Å²) in [5.41, 5.74) is 0.863.